The second-order valence-electron chi connectivity index (χ2n) is 3.81. The summed E-state index contributed by atoms with van der Waals surface area (Å²) in [6.07, 6.45) is 1.35. The van der Waals surface area contributed by atoms with Crippen LogP contribution in [-0.2, 0) is 9.53 Å². The average molecular weight is 292 g/mol. The Morgan fingerprint density at radius 3 is 2.85 bits per heavy atom. The molecule has 0 fully saturated rings. The Bertz CT molecular complexity index is 660. The first-order valence-electron chi connectivity index (χ1n) is 5.88. The van der Waals surface area contributed by atoms with Crippen molar-refractivity contribution >= 4 is 34.6 Å². The van der Waals surface area contributed by atoms with Gasteiger partial charge in [0.25, 0.3) is 0 Å². The van der Waals surface area contributed by atoms with Gasteiger partial charge in [-0.05, 0) is 25.1 Å². The number of nitrogens with zero attached hydrogens (tertiary/aromatic N) is 2. The molecule has 0 atom stereocenters. The highest BCUT2D eigenvalue weighted by Gasteiger charge is 2.10. The van der Waals surface area contributed by atoms with E-state index in [4.69, 9.17) is 9.84 Å². The van der Waals surface area contributed by atoms with Crippen LogP contribution in [-0.4, -0.2) is 39.4 Å². The molecule has 0 aliphatic rings. The van der Waals surface area contributed by atoms with Crippen molar-refractivity contribution in [2.75, 3.05) is 12.4 Å². The van der Waals surface area contributed by atoms with Crippen LogP contribution >= 0.6 is 11.8 Å². The van der Waals surface area contributed by atoms with Crippen molar-refractivity contribution in [1.29, 1.82) is 0 Å². The van der Waals surface area contributed by atoms with E-state index in [1.54, 1.807) is 13.0 Å². The molecule has 0 saturated carbocycles. The summed E-state index contributed by atoms with van der Waals surface area (Å²) in [6, 6.07) is 4.61. The SMILES string of the molecule is CCOC(=O)CSc1ncnc2cc(C(=O)O)ccc12. The fourth-order valence-electron chi connectivity index (χ4n) is 1.61. The number of fused-ring (bicyclic) bond motifs is 1. The molecule has 1 N–H and O–H groups in total. The maximum atomic E-state index is 11.3. The van der Waals surface area contributed by atoms with Crippen LogP contribution in [0.3, 0.4) is 0 Å². The third kappa shape index (κ3) is 3.24. The number of hydrogen-bond donors (Lipinski definition) is 1. The van der Waals surface area contributed by atoms with Gasteiger partial charge in [-0.15, -0.1) is 0 Å². The number of rotatable bonds is 5. The van der Waals surface area contributed by atoms with Gasteiger partial charge in [0.15, 0.2) is 0 Å². The number of hydrogen-bond acceptors (Lipinski definition) is 6. The van der Waals surface area contributed by atoms with Crippen LogP contribution in [0.1, 0.15) is 17.3 Å². The molecule has 1 aromatic heterocycles. The number of ether oxygens (including phenoxy) is 1. The normalized spacial score (nSPS) is 10.4. The van der Waals surface area contributed by atoms with E-state index < -0.39 is 5.97 Å². The smallest absolute Gasteiger partial charge is 0.335 e. The molecule has 0 aliphatic carbocycles. The summed E-state index contributed by atoms with van der Waals surface area (Å²) in [5.41, 5.74) is 0.698. The van der Waals surface area contributed by atoms with Crippen molar-refractivity contribution in [3.63, 3.8) is 0 Å². The lowest BCUT2D eigenvalue weighted by molar-refractivity contribution is -0.139. The van der Waals surface area contributed by atoms with Crippen LogP contribution < -0.4 is 0 Å². The zero-order chi connectivity index (χ0) is 14.5. The Kier molecular flexibility index (Phi) is 4.52. The van der Waals surface area contributed by atoms with Crippen molar-refractivity contribution in [3.8, 4) is 0 Å². The van der Waals surface area contributed by atoms with E-state index in [9.17, 15) is 9.59 Å². The average Bonchev–Trinajstić information content (AvgIpc) is 2.44. The van der Waals surface area contributed by atoms with Crippen molar-refractivity contribution < 1.29 is 19.4 Å². The fraction of sp³-hybridized carbons (Fsp3) is 0.231. The van der Waals surface area contributed by atoms with Gasteiger partial charge in [-0.25, -0.2) is 14.8 Å². The lowest BCUT2D eigenvalue weighted by atomic mass is 10.1. The van der Waals surface area contributed by atoms with Crippen LogP contribution in [0.2, 0.25) is 0 Å². The number of carboxylic acids is 1. The number of carbonyl (C=O) groups is 2. The Morgan fingerprint density at radius 2 is 2.15 bits per heavy atom. The zero-order valence-corrected chi connectivity index (χ0v) is 11.5. The number of benzene rings is 1. The van der Waals surface area contributed by atoms with E-state index in [2.05, 4.69) is 9.97 Å². The molecular weight excluding hydrogens is 280 g/mol. The maximum absolute atomic E-state index is 11.3. The third-order valence-corrected chi connectivity index (χ3v) is 3.46. The van der Waals surface area contributed by atoms with Gasteiger partial charge < -0.3 is 9.84 Å². The molecule has 7 heteroatoms. The highest BCUT2D eigenvalue weighted by atomic mass is 32.2. The Balaban J connectivity index is 2.26. The fourth-order valence-corrected chi connectivity index (χ4v) is 2.40. The van der Waals surface area contributed by atoms with E-state index in [-0.39, 0.29) is 17.3 Å². The lowest BCUT2D eigenvalue weighted by Crippen LogP contribution is -2.06. The highest BCUT2D eigenvalue weighted by Crippen LogP contribution is 2.25. The van der Waals surface area contributed by atoms with Gasteiger partial charge in [0, 0.05) is 5.39 Å². The molecular formula is C13H12N2O4S. The summed E-state index contributed by atoms with van der Waals surface area (Å²) in [4.78, 5) is 30.4. The molecule has 0 radical (unpaired) electrons. The van der Waals surface area contributed by atoms with Gasteiger partial charge in [-0.2, -0.15) is 0 Å². The lowest BCUT2D eigenvalue weighted by Gasteiger charge is -2.05. The molecule has 104 valence electrons. The first-order valence-corrected chi connectivity index (χ1v) is 6.87. The van der Waals surface area contributed by atoms with Gasteiger partial charge in [0.05, 0.1) is 23.4 Å². The minimum Gasteiger partial charge on any atom is -0.478 e. The summed E-state index contributed by atoms with van der Waals surface area (Å²) in [7, 11) is 0. The van der Waals surface area contributed by atoms with E-state index in [1.807, 2.05) is 0 Å². The minimum absolute atomic E-state index is 0.153. The van der Waals surface area contributed by atoms with E-state index in [0.29, 0.717) is 22.5 Å². The molecule has 20 heavy (non-hydrogen) atoms. The van der Waals surface area contributed by atoms with Gasteiger partial charge in [0.2, 0.25) is 0 Å². The van der Waals surface area contributed by atoms with Crippen molar-refractivity contribution in [3.05, 3.63) is 30.1 Å². The Labute approximate surface area is 119 Å². The summed E-state index contributed by atoms with van der Waals surface area (Å²) >= 11 is 1.24. The number of aromatic nitrogens is 2. The van der Waals surface area contributed by atoms with Crippen molar-refractivity contribution in [1.82, 2.24) is 9.97 Å². The molecule has 0 unspecified atom stereocenters. The predicted molar refractivity (Wildman–Crippen MR) is 73.9 cm³/mol. The summed E-state index contributed by atoms with van der Waals surface area (Å²) in [5.74, 6) is -1.17. The number of aromatic carboxylic acids is 1. The van der Waals surface area contributed by atoms with E-state index in [0.717, 1.165) is 0 Å². The largest absolute Gasteiger partial charge is 0.478 e. The first kappa shape index (κ1) is 14.3. The Hall–Kier alpha value is -2.15. The molecule has 1 heterocycles. The second kappa shape index (κ2) is 6.33. The summed E-state index contributed by atoms with van der Waals surface area (Å²) in [6.45, 7) is 2.09. The number of esters is 1. The van der Waals surface area contributed by atoms with Crippen LogP contribution in [0.5, 0.6) is 0 Å². The quantitative estimate of drug-likeness (QED) is 0.512. The van der Waals surface area contributed by atoms with Crippen molar-refractivity contribution in [2.24, 2.45) is 0 Å². The van der Waals surface area contributed by atoms with Gasteiger partial charge >= 0.3 is 11.9 Å². The highest BCUT2D eigenvalue weighted by molar-refractivity contribution is 8.00. The van der Waals surface area contributed by atoms with E-state index >= 15 is 0 Å². The minimum atomic E-state index is -1.01. The summed E-state index contributed by atoms with van der Waals surface area (Å²) in [5, 5.41) is 10.3. The van der Waals surface area contributed by atoms with Crippen LogP contribution in [0.25, 0.3) is 10.9 Å². The zero-order valence-electron chi connectivity index (χ0n) is 10.7. The molecule has 0 amide bonds. The maximum Gasteiger partial charge on any atom is 0.335 e. The number of carbonyl (C=O) groups excluding carboxylic acids is 1. The first-order chi connectivity index (χ1) is 9.61. The molecule has 6 nitrogen and oxygen atoms in total. The summed E-state index contributed by atoms with van der Waals surface area (Å²) < 4.78 is 4.85. The molecule has 0 saturated heterocycles. The van der Waals surface area contributed by atoms with Crippen LogP contribution in [0.4, 0.5) is 0 Å². The topological polar surface area (TPSA) is 89.4 Å². The molecule has 1 aromatic carbocycles. The van der Waals surface area contributed by atoms with Crippen LogP contribution in [0, 0.1) is 0 Å². The van der Waals surface area contributed by atoms with Crippen LogP contribution in [0.15, 0.2) is 29.6 Å². The van der Waals surface area contributed by atoms with Crippen molar-refractivity contribution in [2.45, 2.75) is 11.9 Å². The molecule has 0 spiro atoms. The predicted octanol–water partition coefficient (Wildman–Crippen LogP) is 1.98. The molecule has 0 aliphatic heterocycles. The number of thioether (sulfide) groups is 1. The van der Waals surface area contributed by atoms with Gasteiger partial charge in [0.1, 0.15) is 11.4 Å². The van der Waals surface area contributed by atoms with E-state index in [1.165, 1.54) is 30.2 Å². The third-order valence-electron chi connectivity index (χ3n) is 2.48. The standard InChI is InChI=1S/C13H12N2O4S/c1-2-19-11(16)6-20-12-9-4-3-8(13(17)18)5-10(9)14-7-15-12/h3-5,7H,2,6H2,1H3,(H,17,18). The van der Waals surface area contributed by atoms with Gasteiger partial charge in [-0.1, -0.05) is 11.8 Å². The molecule has 2 rings (SSSR count). The molecule has 2 aromatic rings. The van der Waals surface area contributed by atoms with Gasteiger partial charge in [-0.3, -0.25) is 4.79 Å². The second-order valence-corrected chi connectivity index (χ2v) is 4.77. The monoisotopic (exact) mass is 292 g/mol. The Morgan fingerprint density at radius 1 is 1.35 bits per heavy atom. The number of carboxylic acid groups (broad SMARTS) is 1. The molecule has 0 bridgehead atoms.